The molecule has 2 rings (SSSR count). The third kappa shape index (κ3) is 3.55. The summed E-state index contributed by atoms with van der Waals surface area (Å²) in [6.07, 6.45) is 2.78. The van der Waals surface area contributed by atoms with Crippen LogP contribution in [0.2, 0.25) is 0 Å². The van der Waals surface area contributed by atoms with E-state index in [2.05, 4.69) is 5.32 Å². The number of benzene rings is 1. The van der Waals surface area contributed by atoms with E-state index in [1.54, 1.807) is 0 Å². The maximum atomic E-state index is 12.2. The number of carbonyl (C=O) groups is 1. The fourth-order valence-corrected chi connectivity index (χ4v) is 2.45. The number of nitrogens with one attached hydrogen (secondary N) is 1. The zero-order valence-electron chi connectivity index (χ0n) is 11.4. The van der Waals surface area contributed by atoms with Gasteiger partial charge in [0.05, 0.1) is 5.60 Å². The van der Waals surface area contributed by atoms with Crippen LogP contribution >= 0.6 is 0 Å². The first-order valence-corrected chi connectivity index (χ1v) is 6.85. The molecule has 0 radical (unpaired) electrons. The Morgan fingerprint density at radius 3 is 2.95 bits per heavy atom. The number of carbonyl (C=O) groups excluding carboxylic acids is 1. The molecule has 4 nitrogen and oxygen atoms in total. The normalized spacial score (nSPS) is 22.4. The van der Waals surface area contributed by atoms with Gasteiger partial charge in [0, 0.05) is 18.7 Å². The van der Waals surface area contributed by atoms with Gasteiger partial charge < -0.3 is 15.8 Å². The lowest BCUT2D eigenvalue weighted by Gasteiger charge is -2.23. The van der Waals surface area contributed by atoms with Crippen LogP contribution in [0.5, 0.6) is 0 Å². The van der Waals surface area contributed by atoms with E-state index in [9.17, 15) is 4.79 Å². The monoisotopic (exact) mass is 262 g/mol. The molecule has 1 fully saturated rings. The number of hydrogen-bond acceptors (Lipinski definition) is 3. The van der Waals surface area contributed by atoms with Crippen LogP contribution in [0.4, 0.5) is 0 Å². The number of rotatable bonds is 5. The van der Waals surface area contributed by atoms with E-state index in [0.717, 1.165) is 37.0 Å². The largest absolute Gasteiger partial charge is 0.373 e. The summed E-state index contributed by atoms with van der Waals surface area (Å²) in [6, 6.07) is 7.61. The third-order valence-electron chi connectivity index (χ3n) is 3.60. The molecule has 0 aliphatic carbocycles. The Kier molecular flexibility index (Phi) is 4.56. The van der Waals surface area contributed by atoms with Crippen molar-refractivity contribution in [3.63, 3.8) is 0 Å². The van der Waals surface area contributed by atoms with E-state index in [1.165, 1.54) is 0 Å². The van der Waals surface area contributed by atoms with Gasteiger partial charge in [-0.15, -0.1) is 0 Å². The molecule has 3 N–H and O–H groups in total. The van der Waals surface area contributed by atoms with Gasteiger partial charge in [-0.25, -0.2) is 0 Å². The summed E-state index contributed by atoms with van der Waals surface area (Å²) < 4.78 is 5.67. The van der Waals surface area contributed by atoms with Crippen molar-refractivity contribution >= 4 is 5.91 Å². The molecule has 1 heterocycles. The van der Waals surface area contributed by atoms with Gasteiger partial charge in [0.1, 0.15) is 0 Å². The fourth-order valence-electron chi connectivity index (χ4n) is 2.45. The SMILES string of the molecule is CC1(CNC(=O)c2ccccc2CCN)CCCO1. The van der Waals surface area contributed by atoms with Crippen molar-refractivity contribution in [3.05, 3.63) is 35.4 Å². The molecular weight excluding hydrogens is 240 g/mol. The summed E-state index contributed by atoms with van der Waals surface area (Å²) in [5.74, 6) is -0.0409. The van der Waals surface area contributed by atoms with Crippen molar-refractivity contribution in [2.24, 2.45) is 5.73 Å². The van der Waals surface area contributed by atoms with Crippen LogP contribution in [0.15, 0.2) is 24.3 Å². The Morgan fingerprint density at radius 1 is 1.47 bits per heavy atom. The van der Waals surface area contributed by atoms with Gasteiger partial charge >= 0.3 is 0 Å². The summed E-state index contributed by atoms with van der Waals surface area (Å²) in [4.78, 5) is 12.2. The second-order valence-electron chi connectivity index (χ2n) is 5.28. The van der Waals surface area contributed by atoms with Crippen molar-refractivity contribution in [3.8, 4) is 0 Å². The maximum absolute atomic E-state index is 12.2. The first-order valence-electron chi connectivity index (χ1n) is 6.85. The van der Waals surface area contributed by atoms with Gasteiger partial charge in [-0.05, 0) is 44.4 Å². The molecule has 1 aromatic carbocycles. The van der Waals surface area contributed by atoms with Crippen molar-refractivity contribution < 1.29 is 9.53 Å². The summed E-state index contributed by atoms with van der Waals surface area (Å²) in [5.41, 5.74) is 7.08. The van der Waals surface area contributed by atoms with Crippen molar-refractivity contribution in [2.45, 2.75) is 31.8 Å². The average molecular weight is 262 g/mol. The Balaban J connectivity index is 1.99. The Bertz CT molecular complexity index is 440. The minimum absolute atomic E-state index is 0.0409. The second kappa shape index (κ2) is 6.17. The van der Waals surface area contributed by atoms with Crippen molar-refractivity contribution in [1.82, 2.24) is 5.32 Å². The van der Waals surface area contributed by atoms with Gasteiger partial charge in [-0.3, -0.25) is 4.79 Å². The highest BCUT2D eigenvalue weighted by Crippen LogP contribution is 2.24. The number of nitrogens with two attached hydrogens (primary N) is 1. The van der Waals surface area contributed by atoms with Crippen LogP contribution in [0.25, 0.3) is 0 Å². The van der Waals surface area contributed by atoms with Crippen LogP contribution in [0.1, 0.15) is 35.7 Å². The molecule has 1 amide bonds. The summed E-state index contributed by atoms with van der Waals surface area (Å²) in [7, 11) is 0. The zero-order chi connectivity index (χ0) is 13.7. The highest BCUT2D eigenvalue weighted by molar-refractivity contribution is 5.95. The standard InChI is InChI=1S/C15H22N2O2/c1-15(8-4-10-19-15)11-17-14(18)13-6-3-2-5-12(13)7-9-16/h2-3,5-6H,4,7-11,16H2,1H3,(H,17,18). The first kappa shape index (κ1) is 14.0. The Hall–Kier alpha value is -1.39. The predicted molar refractivity (Wildman–Crippen MR) is 75.1 cm³/mol. The highest BCUT2D eigenvalue weighted by atomic mass is 16.5. The van der Waals surface area contributed by atoms with Crippen LogP contribution < -0.4 is 11.1 Å². The molecule has 19 heavy (non-hydrogen) atoms. The highest BCUT2D eigenvalue weighted by Gasteiger charge is 2.30. The molecule has 0 aromatic heterocycles. The zero-order valence-corrected chi connectivity index (χ0v) is 11.4. The Morgan fingerprint density at radius 2 is 2.26 bits per heavy atom. The van der Waals surface area contributed by atoms with Crippen LogP contribution in [0.3, 0.4) is 0 Å². The molecule has 4 heteroatoms. The molecule has 0 saturated carbocycles. The van der Waals surface area contributed by atoms with E-state index in [-0.39, 0.29) is 11.5 Å². The fraction of sp³-hybridized carbons (Fsp3) is 0.533. The summed E-state index contributed by atoms with van der Waals surface area (Å²) in [6.45, 7) is 3.94. The molecule has 0 spiro atoms. The van der Waals surface area contributed by atoms with E-state index in [1.807, 2.05) is 31.2 Å². The second-order valence-corrected chi connectivity index (χ2v) is 5.28. The van der Waals surface area contributed by atoms with E-state index < -0.39 is 0 Å². The van der Waals surface area contributed by atoms with Gasteiger partial charge in [-0.2, -0.15) is 0 Å². The van der Waals surface area contributed by atoms with Gasteiger partial charge in [0.2, 0.25) is 0 Å². The Labute approximate surface area is 114 Å². The third-order valence-corrected chi connectivity index (χ3v) is 3.60. The molecule has 104 valence electrons. The van der Waals surface area contributed by atoms with Gasteiger partial charge in [-0.1, -0.05) is 18.2 Å². The van der Waals surface area contributed by atoms with E-state index in [4.69, 9.17) is 10.5 Å². The quantitative estimate of drug-likeness (QED) is 0.845. The van der Waals surface area contributed by atoms with E-state index >= 15 is 0 Å². The molecular formula is C15H22N2O2. The van der Waals surface area contributed by atoms with Gasteiger partial charge in [0.15, 0.2) is 0 Å². The first-order chi connectivity index (χ1) is 9.14. The minimum atomic E-state index is -0.210. The molecule has 1 aromatic rings. The van der Waals surface area contributed by atoms with E-state index in [0.29, 0.717) is 13.1 Å². The lowest BCUT2D eigenvalue weighted by atomic mass is 10.0. The lowest BCUT2D eigenvalue weighted by Crippen LogP contribution is -2.40. The molecule has 1 aliphatic rings. The summed E-state index contributed by atoms with van der Waals surface area (Å²) >= 11 is 0. The minimum Gasteiger partial charge on any atom is -0.373 e. The topological polar surface area (TPSA) is 64.4 Å². The van der Waals surface area contributed by atoms with Crippen molar-refractivity contribution in [1.29, 1.82) is 0 Å². The molecule has 1 saturated heterocycles. The van der Waals surface area contributed by atoms with Crippen molar-refractivity contribution in [2.75, 3.05) is 19.7 Å². The summed E-state index contributed by atoms with van der Waals surface area (Å²) in [5, 5.41) is 2.98. The number of hydrogen-bond donors (Lipinski definition) is 2. The smallest absolute Gasteiger partial charge is 0.251 e. The predicted octanol–water partition coefficient (Wildman–Crippen LogP) is 1.49. The van der Waals surface area contributed by atoms with Crippen LogP contribution in [-0.2, 0) is 11.2 Å². The number of ether oxygens (including phenoxy) is 1. The van der Waals surface area contributed by atoms with Gasteiger partial charge in [0.25, 0.3) is 5.91 Å². The number of amides is 1. The molecule has 1 atom stereocenters. The average Bonchev–Trinajstić information content (AvgIpc) is 2.85. The van der Waals surface area contributed by atoms with Crippen LogP contribution in [-0.4, -0.2) is 31.2 Å². The molecule has 1 unspecified atom stereocenters. The van der Waals surface area contributed by atoms with Crippen LogP contribution in [0, 0.1) is 0 Å². The lowest BCUT2D eigenvalue weighted by molar-refractivity contribution is 0.0206. The maximum Gasteiger partial charge on any atom is 0.251 e. The molecule has 0 bridgehead atoms. The molecule has 1 aliphatic heterocycles.